The minimum Gasteiger partial charge on any atom is -0.478 e. The molecule has 17 heteroatoms. The lowest BCUT2D eigenvalue weighted by Crippen LogP contribution is -2.27. The number of aromatic carboxylic acids is 1. The quantitative estimate of drug-likeness (QED) is 0.304. The largest absolute Gasteiger partial charge is 0.586 e. The van der Waals surface area contributed by atoms with Crippen LogP contribution < -0.4 is 19.1 Å². The summed E-state index contributed by atoms with van der Waals surface area (Å²) >= 11 is 0. The molecule has 6 rings (SSSR count). The van der Waals surface area contributed by atoms with Gasteiger partial charge in [-0.05, 0) is 30.3 Å². The second-order valence-electron chi connectivity index (χ2n) is 9.52. The van der Waals surface area contributed by atoms with E-state index in [0.717, 1.165) is 22.0 Å². The van der Waals surface area contributed by atoms with Gasteiger partial charge in [0, 0.05) is 42.3 Å². The van der Waals surface area contributed by atoms with Crippen LogP contribution in [-0.4, -0.2) is 56.7 Å². The Morgan fingerprint density at radius 2 is 1.80 bits per heavy atom. The van der Waals surface area contributed by atoms with Gasteiger partial charge in [0.1, 0.15) is 0 Å². The van der Waals surface area contributed by atoms with Gasteiger partial charge < -0.3 is 29.0 Å². The van der Waals surface area contributed by atoms with E-state index in [2.05, 4.69) is 24.5 Å². The number of hydrogen-bond donors (Lipinski definition) is 1. The number of carboxylic acid groups (broad SMARTS) is 1. The molecule has 228 valence electrons. The number of fused-ring (bicyclic) bond motifs is 2. The fraction of sp³-hybridized carbons (Fsp3) is 0.222. The smallest absolute Gasteiger partial charge is 0.478 e. The highest BCUT2D eigenvalue weighted by molar-refractivity contribution is 6.06. The number of nitrogens with zero attached hydrogens (tertiary/aromatic N) is 5. The van der Waals surface area contributed by atoms with Crippen molar-refractivity contribution in [3.05, 3.63) is 82.9 Å². The first kappa shape index (κ1) is 28.8. The Hall–Kier alpha value is -5.32. The molecule has 0 fully saturated rings. The number of ether oxygens (including phenoxy) is 4. The summed E-state index contributed by atoms with van der Waals surface area (Å²) in [7, 11) is 1.37. The number of aromatic nitrogens is 4. The van der Waals surface area contributed by atoms with E-state index < -0.39 is 42.8 Å². The fourth-order valence-electron chi connectivity index (χ4n) is 4.64. The van der Waals surface area contributed by atoms with Gasteiger partial charge in [0.05, 0.1) is 30.2 Å². The van der Waals surface area contributed by atoms with Crippen LogP contribution in [0.2, 0.25) is 0 Å². The van der Waals surface area contributed by atoms with E-state index in [1.165, 1.54) is 49.5 Å². The van der Waals surface area contributed by atoms with Crippen molar-refractivity contribution in [2.45, 2.75) is 25.2 Å². The van der Waals surface area contributed by atoms with E-state index in [4.69, 9.17) is 14.6 Å². The molecule has 4 heterocycles. The van der Waals surface area contributed by atoms with Gasteiger partial charge in [-0.15, -0.1) is 8.78 Å². The van der Waals surface area contributed by atoms with Crippen molar-refractivity contribution < 1.29 is 55.6 Å². The van der Waals surface area contributed by atoms with Crippen LogP contribution in [0.25, 0.3) is 5.69 Å². The van der Waals surface area contributed by atoms with E-state index in [-0.39, 0.29) is 57.9 Å². The van der Waals surface area contributed by atoms with Crippen LogP contribution in [-0.2, 0) is 17.5 Å². The molecule has 0 spiro atoms. The molecular formula is C27H18F5N5O7. The van der Waals surface area contributed by atoms with Gasteiger partial charge in [0.25, 0.3) is 5.91 Å². The average molecular weight is 619 g/mol. The molecule has 1 N–H and O–H groups in total. The average Bonchev–Trinajstić information content (AvgIpc) is 3.53. The second kappa shape index (κ2) is 10.4. The van der Waals surface area contributed by atoms with Crippen molar-refractivity contribution in [1.82, 2.24) is 19.7 Å². The number of benzene rings is 2. The molecule has 0 bridgehead atoms. The highest BCUT2D eigenvalue weighted by atomic mass is 19.4. The zero-order valence-electron chi connectivity index (χ0n) is 22.2. The van der Waals surface area contributed by atoms with E-state index in [0.29, 0.717) is 0 Å². The predicted molar refractivity (Wildman–Crippen MR) is 136 cm³/mol. The zero-order chi connectivity index (χ0) is 31.4. The lowest BCUT2D eigenvalue weighted by atomic mass is 10.1. The third-order valence-electron chi connectivity index (χ3n) is 6.65. The molecule has 44 heavy (non-hydrogen) atoms. The van der Waals surface area contributed by atoms with Crippen LogP contribution in [0.3, 0.4) is 0 Å². The normalized spacial score (nSPS) is 16.7. The van der Waals surface area contributed by atoms with Crippen molar-refractivity contribution >= 4 is 17.6 Å². The number of carbonyl (C=O) groups excluding carboxylic acids is 1. The molecule has 12 nitrogen and oxygen atoms in total. The summed E-state index contributed by atoms with van der Waals surface area (Å²) in [4.78, 5) is 33.2. The first-order valence-electron chi connectivity index (χ1n) is 12.6. The Balaban J connectivity index is 1.34. The van der Waals surface area contributed by atoms with Crippen LogP contribution in [0.1, 0.15) is 43.8 Å². The van der Waals surface area contributed by atoms with E-state index >= 15 is 0 Å². The molecule has 0 saturated heterocycles. The van der Waals surface area contributed by atoms with E-state index in [1.54, 1.807) is 0 Å². The lowest BCUT2D eigenvalue weighted by molar-refractivity contribution is -0.286. The summed E-state index contributed by atoms with van der Waals surface area (Å²) in [6.07, 6.45) is -7.97. The molecule has 0 saturated carbocycles. The summed E-state index contributed by atoms with van der Waals surface area (Å²) in [5.74, 6) is -2.40. The maximum atomic E-state index is 14.0. The topological polar surface area (TPSA) is 138 Å². The van der Waals surface area contributed by atoms with Crippen molar-refractivity contribution in [1.29, 1.82) is 0 Å². The Morgan fingerprint density at radius 3 is 2.50 bits per heavy atom. The monoisotopic (exact) mass is 619 g/mol. The molecule has 0 aliphatic carbocycles. The van der Waals surface area contributed by atoms with Crippen LogP contribution >= 0.6 is 0 Å². The van der Waals surface area contributed by atoms with Crippen LogP contribution in [0, 0.1) is 0 Å². The Kier molecular flexibility index (Phi) is 6.83. The number of rotatable bonds is 6. The van der Waals surface area contributed by atoms with Gasteiger partial charge in [-0.1, -0.05) is 6.07 Å². The molecule has 1 unspecified atom stereocenters. The maximum Gasteiger partial charge on any atom is 0.586 e. The van der Waals surface area contributed by atoms with Crippen molar-refractivity contribution in [3.63, 3.8) is 0 Å². The zero-order valence-corrected chi connectivity index (χ0v) is 22.2. The number of anilines is 1. The first-order valence-corrected chi connectivity index (χ1v) is 12.6. The minimum absolute atomic E-state index is 0.0305. The van der Waals surface area contributed by atoms with Gasteiger partial charge in [-0.2, -0.15) is 18.3 Å². The molecule has 1 amide bonds. The number of halogens is 5. The van der Waals surface area contributed by atoms with Gasteiger partial charge >= 0.3 is 24.5 Å². The van der Waals surface area contributed by atoms with Gasteiger partial charge in [0.2, 0.25) is 0 Å². The number of alkyl halides is 5. The number of carbonyl (C=O) groups is 2. The molecule has 4 aromatic rings. The second-order valence-corrected chi connectivity index (χ2v) is 9.52. The summed E-state index contributed by atoms with van der Waals surface area (Å²) in [6.45, 7) is -0.655. The SMILES string of the molecule is CN(C(=O)c1cccc(-n2nc(C(F)(F)F)c3c2C(Oc2ncc(C(=O)O)cn2)COC3)c1)c1ccc2c(c1)OC(F)(F)O2. The summed E-state index contributed by atoms with van der Waals surface area (Å²) in [5.41, 5.74) is -1.52. The highest BCUT2D eigenvalue weighted by Gasteiger charge is 2.44. The molecule has 2 aliphatic heterocycles. The van der Waals surface area contributed by atoms with Crippen molar-refractivity contribution in [2.24, 2.45) is 0 Å². The molecule has 2 aliphatic rings. The summed E-state index contributed by atoms with van der Waals surface area (Å²) in [5, 5.41) is 12.9. The van der Waals surface area contributed by atoms with E-state index in [1.807, 2.05) is 0 Å². The van der Waals surface area contributed by atoms with Gasteiger partial charge in [-0.3, -0.25) is 4.79 Å². The van der Waals surface area contributed by atoms with Crippen molar-refractivity contribution in [2.75, 3.05) is 18.6 Å². The third kappa shape index (κ3) is 5.32. The van der Waals surface area contributed by atoms with Crippen LogP contribution in [0.15, 0.2) is 54.9 Å². The molecule has 1 atom stereocenters. The van der Waals surface area contributed by atoms with E-state index in [9.17, 15) is 31.5 Å². The van der Waals surface area contributed by atoms with Gasteiger partial charge in [-0.25, -0.2) is 19.4 Å². The van der Waals surface area contributed by atoms with Crippen LogP contribution in [0.4, 0.5) is 27.6 Å². The maximum absolute atomic E-state index is 14.0. The van der Waals surface area contributed by atoms with Crippen molar-refractivity contribution in [3.8, 4) is 23.2 Å². The standard InChI is InChI=1S/C27H18F5N5O7/c1-36(15-5-6-18-19(8-15)44-27(31,32)43-18)23(38)13-3-2-4-16(7-13)37-21-17(22(35-37)26(28,29)30)11-41-12-20(21)42-25-33-9-14(10-34-25)24(39)40/h2-10,20H,11-12H2,1H3,(H,39,40). The molecule has 2 aromatic carbocycles. The Bertz CT molecular complexity index is 1780. The van der Waals surface area contributed by atoms with Gasteiger partial charge in [0.15, 0.2) is 23.3 Å². The molecular weight excluding hydrogens is 601 g/mol. The predicted octanol–water partition coefficient (Wildman–Crippen LogP) is 4.63. The third-order valence-corrected chi connectivity index (χ3v) is 6.65. The first-order chi connectivity index (χ1) is 20.8. The fourth-order valence-corrected chi connectivity index (χ4v) is 4.64. The highest BCUT2D eigenvalue weighted by Crippen LogP contribution is 2.43. The Morgan fingerprint density at radius 1 is 1.07 bits per heavy atom. The number of hydrogen-bond acceptors (Lipinski definition) is 9. The number of carboxylic acids is 1. The number of amides is 1. The molecule has 2 aromatic heterocycles. The molecule has 0 radical (unpaired) electrons. The summed E-state index contributed by atoms with van der Waals surface area (Å²) < 4.78 is 89.9. The Labute approximate surface area is 243 Å². The lowest BCUT2D eigenvalue weighted by Gasteiger charge is -2.25. The minimum atomic E-state index is -4.87. The van der Waals surface area contributed by atoms with Crippen LogP contribution in [0.5, 0.6) is 17.5 Å². The summed E-state index contributed by atoms with van der Waals surface area (Å²) in [6, 6.07) is 9.02.